The lowest BCUT2D eigenvalue weighted by Crippen LogP contribution is -2.09. The number of rotatable bonds is 7. The van der Waals surface area contributed by atoms with Crippen LogP contribution in [-0.4, -0.2) is 28.9 Å². The second-order valence-corrected chi connectivity index (χ2v) is 6.03. The standard InChI is InChI=1S/C13H22N2O2S/c1-10(2)17-13-9-11(5-6-12(13)14)15-7-4-8-18(3)16/h5-6,9-10,15H,4,7-8,14H2,1-3H3. The molecule has 3 N–H and O–H groups in total. The van der Waals surface area contributed by atoms with Crippen LogP contribution in [0.3, 0.4) is 0 Å². The van der Waals surface area contributed by atoms with E-state index in [1.165, 1.54) is 0 Å². The summed E-state index contributed by atoms with van der Waals surface area (Å²) in [6, 6.07) is 5.65. The maximum Gasteiger partial charge on any atom is 0.144 e. The minimum atomic E-state index is -0.724. The summed E-state index contributed by atoms with van der Waals surface area (Å²) in [5, 5.41) is 3.27. The maximum absolute atomic E-state index is 10.9. The van der Waals surface area contributed by atoms with Crippen LogP contribution in [0.4, 0.5) is 11.4 Å². The molecule has 1 aromatic carbocycles. The van der Waals surface area contributed by atoms with Crippen LogP contribution in [-0.2, 0) is 10.8 Å². The van der Waals surface area contributed by atoms with Gasteiger partial charge in [-0.1, -0.05) is 0 Å². The third-order valence-electron chi connectivity index (χ3n) is 2.31. The molecule has 1 aromatic rings. The zero-order valence-corrected chi connectivity index (χ0v) is 12.0. The van der Waals surface area contributed by atoms with E-state index in [-0.39, 0.29) is 6.10 Å². The molecule has 0 amide bonds. The Labute approximate surface area is 111 Å². The summed E-state index contributed by atoms with van der Waals surface area (Å²) < 4.78 is 16.5. The van der Waals surface area contributed by atoms with Crippen molar-refractivity contribution in [1.82, 2.24) is 0 Å². The first-order valence-electron chi connectivity index (χ1n) is 6.09. The lowest BCUT2D eigenvalue weighted by Gasteiger charge is -2.14. The molecular formula is C13H22N2O2S. The van der Waals surface area contributed by atoms with Crippen LogP contribution in [0.15, 0.2) is 18.2 Å². The van der Waals surface area contributed by atoms with Crippen LogP contribution < -0.4 is 15.8 Å². The molecule has 0 saturated carbocycles. The van der Waals surface area contributed by atoms with Crippen molar-refractivity contribution in [2.75, 3.05) is 29.6 Å². The lowest BCUT2D eigenvalue weighted by molar-refractivity contribution is 0.244. The Hall–Kier alpha value is -1.23. The molecule has 1 unspecified atom stereocenters. The van der Waals surface area contributed by atoms with Gasteiger partial charge in [0.05, 0.1) is 11.8 Å². The number of nitrogens with two attached hydrogens (primary N) is 1. The molecular weight excluding hydrogens is 248 g/mol. The van der Waals surface area contributed by atoms with Crippen molar-refractivity contribution in [2.24, 2.45) is 0 Å². The smallest absolute Gasteiger partial charge is 0.144 e. The normalized spacial score (nSPS) is 12.4. The molecule has 0 bridgehead atoms. The summed E-state index contributed by atoms with van der Waals surface area (Å²) in [5.74, 6) is 1.42. The third kappa shape index (κ3) is 5.40. The summed E-state index contributed by atoms with van der Waals surface area (Å²) in [6.07, 6.45) is 2.70. The van der Waals surface area contributed by atoms with Crippen molar-refractivity contribution in [3.63, 3.8) is 0 Å². The van der Waals surface area contributed by atoms with E-state index in [1.54, 1.807) is 6.26 Å². The number of nitrogens with one attached hydrogen (secondary N) is 1. The Bertz CT molecular complexity index is 408. The minimum Gasteiger partial charge on any atom is -0.489 e. The molecule has 102 valence electrons. The van der Waals surface area contributed by atoms with Gasteiger partial charge >= 0.3 is 0 Å². The van der Waals surface area contributed by atoms with E-state index < -0.39 is 10.8 Å². The topological polar surface area (TPSA) is 64.3 Å². The second-order valence-electron chi connectivity index (χ2n) is 4.48. The van der Waals surface area contributed by atoms with Gasteiger partial charge in [-0.3, -0.25) is 4.21 Å². The summed E-state index contributed by atoms with van der Waals surface area (Å²) >= 11 is 0. The number of nitrogen functional groups attached to an aromatic ring is 1. The summed E-state index contributed by atoms with van der Waals surface area (Å²) in [5.41, 5.74) is 7.46. The molecule has 1 atom stereocenters. The van der Waals surface area contributed by atoms with Crippen molar-refractivity contribution >= 4 is 22.2 Å². The molecule has 18 heavy (non-hydrogen) atoms. The van der Waals surface area contributed by atoms with Gasteiger partial charge in [0.15, 0.2) is 0 Å². The average Bonchev–Trinajstić information content (AvgIpc) is 2.27. The van der Waals surface area contributed by atoms with Gasteiger partial charge in [0.1, 0.15) is 5.75 Å². The van der Waals surface area contributed by atoms with Gasteiger partial charge in [0, 0.05) is 41.1 Å². The predicted molar refractivity (Wildman–Crippen MR) is 78.7 cm³/mol. The molecule has 0 aromatic heterocycles. The lowest BCUT2D eigenvalue weighted by atomic mass is 10.2. The van der Waals surface area contributed by atoms with Crippen LogP contribution in [0.25, 0.3) is 0 Å². The van der Waals surface area contributed by atoms with Crippen molar-refractivity contribution < 1.29 is 8.95 Å². The van der Waals surface area contributed by atoms with Gasteiger partial charge < -0.3 is 15.8 Å². The molecule has 0 fully saturated rings. The van der Waals surface area contributed by atoms with Gasteiger partial charge in [-0.15, -0.1) is 0 Å². The highest BCUT2D eigenvalue weighted by molar-refractivity contribution is 7.84. The average molecular weight is 270 g/mol. The quantitative estimate of drug-likeness (QED) is 0.589. The van der Waals surface area contributed by atoms with Crippen LogP contribution >= 0.6 is 0 Å². The Morgan fingerprint density at radius 3 is 2.78 bits per heavy atom. The number of ether oxygens (including phenoxy) is 1. The first-order valence-corrected chi connectivity index (χ1v) is 7.82. The van der Waals surface area contributed by atoms with Crippen LogP contribution in [0.2, 0.25) is 0 Å². The van der Waals surface area contributed by atoms with Crippen molar-refractivity contribution in [3.05, 3.63) is 18.2 Å². The number of hydrogen-bond donors (Lipinski definition) is 2. The zero-order chi connectivity index (χ0) is 13.5. The van der Waals surface area contributed by atoms with E-state index in [4.69, 9.17) is 10.5 Å². The molecule has 1 rings (SSSR count). The fraction of sp³-hybridized carbons (Fsp3) is 0.538. The maximum atomic E-state index is 10.9. The predicted octanol–water partition coefficient (Wildman–Crippen LogP) is 2.24. The summed E-state index contributed by atoms with van der Waals surface area (Å²) in [6.45, 7) is 4.73. The summed E-state index contributed by atoms with van der Waals surface area (Å²) in [7, 11) is -0.724. The highest BCUT2D eigenvalue weighted by Gasteiger charge is 2.04. The Morgan fingerprint density at radius 2 is 2.17 bits per heavy atom. The Morgan fingerprint density at radius 1 is 1.44 bits per heavy atom. The first-order chi connectivity index (χ1) is 8.49. The molecule has 0 saturated heterocycles. The molecule has 0 heterocycles. The molecule has 0 radical (unpaired) electrons. The van der Waals surface area contributed by atoms with Gasteiger partial charge in [-0.2, -0.15) is 0 Å². The molecule has 0 spiro atoms. The highest BCUT2D eigenvalue weighted by Crippen LogP contribution is 2.26. The Balaban J connectivity index is 2.53. The highest BCUT2D eigenvalue weighted by atomic mass is 32.2. The molecule has 0 aliphatic carbocycles. The Kier molecular flexibility index (Phi) is 5.98. The van der Waals surface area contributed by atoms with E-state index in [2.05, 4.69) is 5.32 Å². The van der Waals surface area contributed by atoms with Gasteiger partial charge in [0.2, 0.25) is 0 Å². The van der Waals surface area contributed by atoms with Crippen LogP contribution in [0.1, 0.15) is 20.3 Å². The van der Waals surface area contributed by atoms with Crippen LogP contribution in [0.5, 0.6) is 5.75 Å². The van der Waals surface area contributed by atoms with Crippen molar-refractivity contribution in [3.8, 4) is 5.75 Å². The fourth-order valence-corrected chi connectivity index (χ4v) is 2.06. The van der Waals surface area contributed by atoms with Crippen LogP contribution in [0, 0.1) is 0 Å². The van der Waals surface area contributed by atoms with Crippen molar-refractivity contribution in [2.45, 2.75) is 26.4 Å². The molecule has 4 nitrogen and oxygen atoms in total. The van der Waals surface area contributed by atoms with E-state index in [9.17, 15) is 4.21 Å². The zero-order valence-electron chi connectivity index (χ0n) is 11.2. The van der Waals surface area contributed by atoms with E-state index in [0.29, 0.717) is 11.4 Å². The third-order valence-corrected chi connectivity index (χ3v) is 3.18. The molecule has 0 aliphatic rings. The number of anilines is 2. The molecule has 5 heteroatoms. The number of hydrogen-bond acceptors (Lipinski definition) is 4. The first kappa shape index (κ1) is 14.8. The summed E-state index contributed by atoms with van der Waals surface area (Å²) in [4.78, 5) is 0. The van der Waals surface area contributed by atoms with Crippen molar-refractivity contribution in [1.29, 1.82) is 0 Å². The monoisotopic (exact) mass is 270 g/mol. The second kappa shape index (κ2) is 7.26. The molecule has 0 aliphatic heterocycles. The fourth-order valence-electron chi connectivity index (χ4n) is 1.51. The van der Waals surface area contributed by atoms with E-state index in [0.717, 1.165) is 24.4 Å². The SMILES string of the molecule is CC(C)Oc1cc(NCCCS(C)=O)ccc1N. The van der Waals surface area contributed by atoms with E-state index in [1.807, 2.05) is 32.0 Å². The van der Waals surface area contributed by atoms with E-state index >= 15 is 0 Å². The number of benzene rings is 1. The largest absolute Gasteiger partial charge is 0.489 e. The van der Waals surface area contributed by atoms with Gasteiger partial charge in [0.25, 0.3) is 0 Å². The van der Waals surface area contributed by atoms with Gasteiger partial charge in [-0.25, -0.2) is 0 Å². The minimum absolute atomic E-state index is 0.102. The van der Waals surface area contributed by atoms with Gasteiger partial charge in [-0.05, 0) is 32.4 Å².